The maximum Gasteiger partial charge on any atom is -0.00258 e. The Kier molecular flexibility index (Phi) is 12.6. The van der Waals surface area contributed by atoms with Crippen molar-refractivity contribution in [1.82, 2.24) is 0 Å². The second-order valence-electron chi connectivity index (χ2n) is 12.6. The zero-order chi connectivity index (χ0) is 23.4. The van der Waals surface area contributed by atoms with Gasteiger partial charge in [-0.3, -0.25) is 0 Å². The first-order valence-corrected chi connectivity index (χ1v) is 17.9. The topological polar surface area (TPSA) is 0 Å². The van der Waals surface area contributed by atoms with Crippen molar-refractivity contribution in [3.05, 3.63) is 11.0 Å². The maximum absolute atomic E-state index is 2.63. The molecule has 0 aromatic heterocycles. The van der Waals surface area contributed by atoms with Crippen LogP contribution in [0, 0.1) is 35.5 Å². The first-order chi connectivity index (χ1) is 16.8. The Morgan fingerprint density at radius 3 is 2.32 bits per heavy atom. The highest BCUT2D eigenvalue weighted by atomic mass is 32.2. The van der Waals surface area contributed by atoms with Crippen molar-refractivity contribution >= 4 is 23.5 Å². The van der Waals surface area contributed by atoms with Crippen LogP contribution in [0.3, 0.4) is 0 Å². The number of unbranched alkanes of at least 4 members (excludes halogenated alkanes) is 1. The van der Waals surface area contributed by atoms with Gasteiger partial charge < -0.3 is 0 Å². The van der Waals surface area contributed by atoms with Crippen LogP contribution >= 0.6 is 23.5 Å². The van der Waals surface area contributed by atoms with Crippen molar-refractivity contribution in [2.24, 2.45) is 35.5 Å². The molecule has 1 aliphatic heterocycles. The van der Waals surface area contributed by atoms with Crippen molar-refractivity contribution in [2.75, 3.05) is 17.3 Å². The van der Waals surface area contributed by atoms with Crippen LogP contribution in [0.15, 0.2) is 11.0 Å². The van der Waals surface area contributed by atoms with Crippen LogP contribution in [0.2, 0.25) is 0 Å². The van der Waals surface area contributed by atoms with Gasteiger partial charge in [-0.1, -0.05) is 89.5 Å². The lowest BCUT2D eigenvalue weighted by molar-refractivity contribution is 0.199. The molecule has 3 fully saturated rings. The monoisotopic (exact) mass is 504 g/mol. The van der Waals surface area contributed by atoms with E-state index in [4.69, 9.17) is 0 Å². The molecule has 2 atom stereocenters. The maximum atomic E-state index is 2.63. The summed E-state index contributed by atoms with van der Waals surface area (Å²) in [5.74, 6) is 10.4. The van der Waals surface area contributed by atoms with Crippen LogP contribution in [0.5, 0.6) is 0 Å². The molecule has 1 heterocycles. The van der Waals surface area contributed by atoms with E-state index in [0.29, 0.717) is 0 Å². The molecular weight excluding hydrogens is 448 g/mol. The molecule has 3 saturated carbocycles. The van der Waals surface area contributed by atoms with Gasteiger partial charge in [-0.2, -0.15) is 11.8 Å². The van der Waals surface area contributed by atoms with Gasteiger partial charge in [-0.15, -0.1) is 11.8 Å². The molecule has 4 aliphatic rings. The van der Waals surface area contributed by atoms with E-state index in [2.05, 4.69) is 35.9 Å². The minimum atomic E-state index is 0.914. The van der Waals surface area contributed by atoms with Gasteiger partial charge in [0, 0.05) is 0 Å². The fourth-order valence-corrected chi connectivity index (χ4v) is 10.4. The smallest absolute Gasteiger partial charge is 0.00258 e. The normalized spacial score (nSPS) is 30.4. The molecule has 3 aliphatic carbocycles. The van der Waals surface area contributed by atoms with Crippen molar-refractivity contribution in [3.63, 3.8) is 0 Å². The molecule has 0 radical (unpaired) electrons. The largest absolute Gasteiger partial charge is 0.162 e. The summed E-state index contributed by atoms with van der Waals surface area (Å²) in [6.07, 6.45) is 30.1. The molecule has 0 spiro atoms. The Balaban J connectivity index is 1.10. The molecule has 0 aromatic rings. The first kappa shape index (κ1) is 27.5. The summed E-state index contributed by atoms with van der Waals surface area (Å²) in [5.41, 5.74) is 1.86. The van der Waals surface area contributed by atoms with Crippen LogP contribution < -0.4 is 0 Å². The molecule has 34 heavy (non-hydrogen) atoms. The highest BCUT2D eigenvalue weighted by Crippen LogP contribution is 2.43. The average molecular weight is 505 g/mol. The Labute approximate surface area is 222 Å². The Bertz CT molecular complexity index is 564. The van der Waals surface area contributed by atoms with E-state index in [1.165, 1.54) is 107 Å². The van der Waals surface area contributed by atoms with Gasteiger partial charge in [-0.25, -0.2) is 0 Å². The second kappa shape index (κ2) is 15.6. The van der Waals surface area contributed by atoms with E-state index in [0.717, 1.165) is 35.5 Å². The third kappa shape index (κ3) is 8.78. The molecule has 2 heteroatoms. The van der Waals surface area contributed by atoms with E-state index < -0.39 is 0 Å². The predicted molar refractivity (Wildman–Crippen MR) is 157 cm³/mol. The molecule has 0 aromatic carbocycles. The molecule has 0 nitrogen and oxygen atoms in total. The third-order valence-corrected chi connectivity index (χ3v) is 12.6. The number of hydrogen-bond donors (Lipinski definition) is 0. The van der Waals surface area contributed by atoms with E-state index in [-0.39, 0.29) is 0 Å². The molecule has 4 rings (SSSR count). The van der Waals surface area contributed by atoms with E-state index in [1.807, 2.05) is 5.57 Å². The van der Waals surface area contributed by atoms with Crippen LogP contribution in [0.4, 0.5) is 0 Å². The van der Waals surface area contributed by atoms with E-state index >= 15 is 0 Å². The SMILES string of the molecule is CCC(CSCCCCC1CCCSC=C1CCC1CCC(C2CCCC2)CC1)C1CCCC1. The molecular formula is C32H56S2. The lowest BCUT2D eigenvalue weighted by atomic mass is 9.73. The van der Waals surface area contributed by atoms with Crippen molar-refractivity contribution in [2.45, 2.75) is 135 Å². The second-order valence-corrected chi connectivity index (χ2v) is 14.7. The summed E-state index contributed by atoms with van der Waals surface area (Å²) in [6.45, 7) is 2.43. The van der Waals surface area contributed by atoms with Gasteiger partial charge >= 0.3 is 0 Å². The van der Waals surface area contributed by atoms with Crippen molar-refractivity contribution in [1.29, 1.82) is 0 Å². The van der Waals surface area contributed by atoms with Gasteiger partial charge in [0.1, 0.15) is 0 Å². The van der Waals surface area contributed by atoms with Crippen molar-refractivity contribution in [3.8, 4) is 0 Å². The summed E-state index contributed by atoms with van der Waals surface area (Å²) in [5, 5.41) is 2.63. The fraction of sp³-hybridized carbons (Fsp3) is 0.938. The number of rotatable bonds is 13. The lowest BCUT2D eigenvalue weighted by Crippen LogP contribution is -2.20. The van der Waals surface area contributed by atoms with Gasteiger partial charge in [0.15, 0.2) is 0 Å². The minimum Gasteiger partial charge on any atom is -0.162 e. The van der Waals surface area contributed by atoms with Crippen molar-refractivity contribution < 1.29 is 0 Å². The number of hydrogen-bond acceptors (Lipinski definition) is 2. The van der Waals surface area contributed by atoms with Gasteiger partial charge in [-0.05, 0) is 110 Å². The zero-order valence-electron chi connectivity index (χ0n) is 22.6. The highest BCUT2D eigenvalue weighted by molar-refractivity contribution is 8.02. The Morgan fingerprint density at radius 1 is 0.824 bits per heavy atom. The molecule has 0 saturated heterocycles. The first-order valence-electron chi connectivity index (χ1n) is 15.7. The molecule has 2 unspecified atom stereocenters. The van der Waals surface area contributed by atoms with Crippen LogP contribution in [0.1, 0.15) is 135 Å². The van der Waals surface area contributed by atoms with Crippen LogP contribution in [0.25, 0.3) is 0 Å². The van der Waals surface area contributed by atoms with Crippen LogP contribution in [-0.4, -0.2) is 17.3 Å². The van der Waals surface area contributed by atoms with E-state index in [9.17, 15) is 0 Å². The summed E-state index contributed by atoms with van der Waals surface area (Å²) in [7, 11) is 0. The number of thioether (sulfide) groups is 2. The minimum absolute atomic E-state index is 0.914. The Hall–Kier alpha value is 0.440. The lowest BCUT2D eigenvalue weighted by Gasteiger charge is -2.32. The van der Waals surface area contributed by atoms with Gasteiger partial charge in [0.25, 0.3) is 0 Å². The Morgan fingerprint density at radius 2 is 1.56 bits per heavy atom. The third-order valence-electron chi connectivity index (χ3n) is 10.4. The zero-order valence-corrected chi connectivity index (χ0v) is 24.3. The van der Waals surface area contributed by atoms with E-state index in [1.54, 1.807) is 38.5 Å². The number of allylic oxidation sites excluding steroid dienone is 1. The van der Waals surface area contributed by atoms with Crippen LogP contribution in [-0.2, 0) is 0 Å². The summed E-state index contributed by atoms with van der Waals surface area (Å²) < 4.78 is 0. The molecule has 0 amide bonds. The van der Waals surface area contributed by atoms with Gasteiger partial charge in [0.05, 0.1) is 0 Å². The fourth-order valence-electron chi connectivity index (χ4n) is 8.05. The highest BCUT2D eigenvalue weighted by Gasteiger charge is 2.29. The summed E-state index contributed by atoms with van der Waals surface area (Å²) in [6, 6.07) is 0. The molecule has 196 valence electrons. The predicted octanol–water partition coefficient (Wildman–Crippen LogP) is 10.9. The molecule has 0 N–H and O–H groups in total. The van der Waals surface area contributed by atoms with Gasteiger partial charge in [0.2, 0.25) is 0 Å². The molecule has 0 bridgehead atoms. The average Bonchev–Trinajstić information content (AvgIpc) is 3.56. The summed E-state index contributed by atoms with van der Waals surface area (Å²) in [4.78, 5) is 0. The quantitative estimate of drug-likeness (QED) is 0.229. The summed E-state index contributed by atoms with van der Waals surface area (Å²) >= 11 is 4.41. The standard InChI is InChI=1S/C32H56S2/c1-2-27(28-10-3-4-11-28)24-33-22-8-7-14-30-15-9-23-34-25-32(30)21-18-26-16-19-31(20-17-26)29-12-5-6-13-29/h25-31H,2-24H2,1H3.